The molecule has 0 radical (unpaired) electrons. The van der Waals surface area contributed by atoms with Gasteiger partial charge in [-0.3, -0.25) is 19.3 Å². The van der Waals surface area contributed by atoms with E-state index in [4.69, 9.17) is 4.74 Å². The third-order valence-electron chi connectivity index (χ3n) is 6.89. The van der Waals surface area contributed by atoms with Crippen LogP contribution in [0.15, 0.2) is 54.0 Å². The predicted molar refractivity (Wildman–Crippen MR) is 149 cm³/mol. The molecule has 2 N–H and O–H groups in total. The molecule has 0 saturated carbocycles. The number of thiazole rings is 1. The lowest BCUT2D eigenvalue weighted by Crippen LogP contribution is -2.53. The Morgan fingerprint density at radius 3 is 2.56 bits per heavy atom. The van der Waals surface area contributed by atoms with Crippen molar-refractivity contribution >= 4 is 29.1 Å². The van der Waals surface area contributed by atoms with Crippen LogP contribution in [0.25, 0.3) is 10.4 Å². The minimum Gasteiger partial charge on any atom is -0.494 e. The molecule has 4 rings (SSSR count). The van der Waals surface area contributed by atoms with Crippen LogP contribution in [0.4, 0.5) is 0 Å². The van der Waals surface area contributed by atoms with Gasteiger partial charge >= 0.3 is 0 Å². The Morgan fingerprint density at radius 1 is 1.21 bits per heavy atom. The molecular formula is C29H34N4O5S. The van der Waals surface area contributed by atoms with Gasteiger partial charge in [-0.15, -0.1) is 11.3 Å². The van der Waals surface area contributed by atoms with Crippen LogP contribution in [0, 0.1) is 6.92 Å². The summed E-state index contributed by atoms with van der Waals surface area (Å²) >= 11 is 1.55. The van der Waals surface area contributed by atoms with E-state index in [0.29, 0.717) is 17.9 Å². The maximum Gasteiger partial charge on any atom is 0.254 e. The second-order valence-electron chi connectivity index (χ2n) is 9.63. The number of hydrogen-bond donors (Lipinski definition) is 2. The van der Waals surface area contributed by atoms with E-state index in [1.54, 1.807) is 55.1 Å². The van der Waals surface area contributed by atoms with Gasteiger partial charge in [0.25, 0.3) is 11.8 Å². The van der Waals surface area contributed by atoms with Crippen molar-refractivity contribution in [1.82, 2.24) is 20.1 Å². The number of imide groups is 1. The number of likely N-dealkylation sites (N-methyl/N-ethyl adjacent to an activating group) is 1. The van der Waals surface area contributed by atoms with Gasteiger partial charge in [-0.05, 0) is 56.5 Å². The van der Waals surface area contributed by atoms with Crippen molar-refractivity contribution in [2.75, 3.05) is 20.2 Å². The molecule has 206 valence electrons. The highest BCUT2D eigenvalue weighted by molar-refractivity contribution is 7.13. The Labute approximate surface area is 232 Å². The number of aliphatic hydroxyl groups excluding tert-OH is 1. The number of carbonyl (C=O) groups is 3. The van der Waals surface area contributed by atoms with Gasteiger partial charge < -0.3 is 20.1 Å². The standard InChI is InChI=1S/C29H34N4O5S/c1-5-38-24-8-6-7-22(13-24)28(36)32(4)19(3)27(35)33(29(37)25-14-23(34)15-30-25)16-20-9-11-21(12-10-20)26-18(2)31-17-39-26/h6-13,17,19,23,25,30,34H,5,14-16H2,1-4H3/t19-,23+,25-/m0/s1. The summed E-state index contributed by atoms with van der Waals surface area (Å²) < 4.78 is 5.50. The van der Waals surface area contributed by atoms with Crippen LogP contribution in [0.5, 0.6) is 5.75 Å². The van der Waals surface area contributed by atoms with Gasteiger partial charge in [0.1, 0.15) is 11.8 Å². The number of aromatic nitrogens is 1. The highest BCUT2D eigenvalue weighted by Gasteiger charge is 2.37. The average Bonchev–Trinajstić information content (AvgIpc) is 3.58. The van der Waals surface area contributed by atoms with Crippen molar-refractivity contribution in [3.63, 3.8) is 0 Å². The van der Waals surface area contributed by atoms with Gasteiger partial charge in [-0.25, -0.2) is 4.98 Å². The summed E-state index contributed by atoms with van der Waals surface area (Å²) in [4.78, 5) is 48.4. The van der Waals surface area contributed by atoms with Crippen LogP contribution in [0.2, 0.25) is 0 Å². The van der Waals surface area contributed by atoms with Crippen LogP contribution < -0.4 is 10.1 Å². The Bertz CT molecular complexity index is 1330. The molecule has 1 saturated heterocycles. The second-order valence-corrected chi connectivity index (χ2v) is 10.5. The molecular weight excluding hydrogens is 516 g/mol. The number of hydrogen-bond acceptors (Lipinski definition) is 8. The van der Waals surface area contributed by atoms with E-state index >= 15 is 0 Å². The average molecular weight is 551 g/mol. The van der Waals surface area contributed by atoms with E-state index in [0.717, 1.165) is 21.7 Å². The fourth-order valence-corrected chi connectivity index (χ4v) is 5.35. The molecule has 1 fully saturated rings. The normalized spacial score (nSPS) is 17.5. The zero-order valence-corrected chi connectivity index (χ0v) is 23.4. The SMILES string of the molecule is CCOc1cccc(C(=O)N(C)[C@@H](C)C(=O)N(Cc2ccc(-c3scnc3C)cc2)C(=O)[C@@H]2C[C@@H](O)CN2)c1. The maximum atomic E-state index is 13.8. The Balaban J connectivity index is 1.55. The maximum absolute atomic E-state index is 13.8. The molecule has 39 heavy (non-hydrogen) atoms. The lowest BCUT2D eigenvalue weighted by atomic mass is 10.1. The van der Waals surface area contributed by atoms with Crippen molar-refractivity contribution in [3.05, 3.63) is 70.9 Å². The number of aliphatic hydroxyl groups is 1. The minimum atomic E-state index is -0.914. The highest BCUT2D eigenvalue weighted by atomic mass is 32.1. The summed E-state index contributed by atoms with van der Waals surface area (Å²) in [5.41, 5.74) is 4.91. The van der Waals surface area contributed by atoms with Crippen molar-refractivity contribution < 1.29 is 24.2 Å². The molecule has 10 heteroatoms. The van der Waals surface area contributed by atoms with Gasteiger partial charge in [0.05, 0.1) is 41.4 Å². The Morgan fingerprint density at radius 2 is 1.95 bits per heavy atom. The smallest absolute Gasteiger partial charge is 0.254 e. The number of aryl methyl sites for hydroxylation is 1. The molecule has 3 amide bonds. The molecule has 2 heterocycles. The molecule has 9 nitrogen and oxygen atoms in total. The molecule has 0 aliphatic carbocycles. The lowest BCUT2D eigenvalue weighted by Gasteiger charge is -2.31. The fourth-order valence-electron chi connectivity index (χ4n) is 4.54. The molecule has 2 aromatic carbocycles. The van der Waals surface area contributed by atoms with Gasteiger partial charge in [-0.1, -0.05) is 30.3 Å². The van der Waals surface area contributed by atoms with Crippen LogP contribution >= 0.6 is 11.3 Å². The lowest BCUT2D eigenvalue weighted by molar-refractivity contribution is -0.149. The van der Waals surface area contributed by atoms with Gasteiger partial charge in [0.15, 0.2) is 0 Å². The number of nitrogens with one attached hydrogen (secondary N) is 1. The summed E-state index contributed by atoms with van der Waals surface area (Å²) in [6.45, 7) is 6.21. The number of carbonyl (C=O) groups excluding carboxylic acids is 3. The molecule has 3 atom stereocenters. The number of rotatable bonds is 9. The van der Waals surface area contributed by atoms with E-state index in [1.807, 2.05) is 38.1 Å². The van der Waals surface area contributed by atoms with Crippen LogP contribution in [-0.4, -0.2) is 76.0 Å². The van der Waals surface area contributed by atoms with Crippen LogP contribution in [0.3, 0.4) is 0 Å². The van der Waals surface area contributed by atoms with Gasteiger partial charge in [0.2, 0.25) is 5.91 Å². The summed E-state index contributed by atoms with van der Waals surface area (Å²) in [6, 6.07) is 12.9. The molecule has 0 spiro atoms. The zero-order valence-electron chi connectivity index (χ0n) is 22.6. The first-order valence-corrected chi connectivity index (χ1v) is 13.8. The number of nitrogens with zero attached hydrogens (tertiary/aromatic N) is 3. The first kappa shape index (κ1) is 28.4. The van der Waals surface area contributed by atoms with E-state index in [-0.39, 0.29) is 25.4 Å². The van der Waals surface area contributed by atoms with Crippen LogP contribution in [-0.2, 0) is 16.1 Å². The monoisotopic (exact) mass is 550 g/mol. The van der Waals surface area contributed by atoms with E-state index < -0.39 is 30.0 Å². The van der Waals surface area contributed by atoms with Crippen LogP contribution in [0.1, 0.15) is 41.9 Å². The summed E-state index contributed by atoms with van der Waals surface area (Å²) in [5.74, 6) is -0.716. The molecule has 1 aliphatic heterocycles. The Kier molecular flexibility index (Phi) is 9.11. The first-order chi connectivity index (χ1) is 18.7. The van der Waals surface area contributed by atoms with E-state index in [2.05, 4.69) is 10.3 Å². The number of β-amino-alcohol motifs (C(OH)–C–C–N with tert-alkyl or cyclic N) is 1. The third kappa shape index (κ3) is 6.52. The summed E-state index contributed by atoms with van der Waals surface area (Å²) in [5, 5.41) is 13.0. The Hall–Kier alpha value is -3.60. The molecule has 0 unspecified atom stereocenters. The fraction of sp³-hybridized carbons (Fsp3) is 0.379. The topological polar surface area (TPSA) is 112 Å². The van der Waals surface area contributed by atoms with Crippen molar-refractivity contribution in [3.8, 4) is 16.2 Å². The number of amides is 3. The minimum absolute atomic E-state index is 0.0418. The molecule has 3 aromatic rings. The van der Waals surface area contributed by atoms with Crippen molar-refractivity contribution in [1.29, 1.82) is 0 Å². The van der Waals surface area contributed by atoms with E-state index in [1.165, 1.54) is 9.80 Å². The summed E-state index contributed by atoms with van der Waals surface area (Å²) in [6.07, 6.45) is -0.434. The third-order valence-corrected chi connectivity index (χ3v) is 7.87. The van der Waals surface area contributed by atoms with E-state index in [9.17, 15) is 19.5 Å². The van der Waals surface area contributed by atoms with Gasteiger partial charge in [-0.2, -0.15) is 0 Å². The van der Waals surface area contributed by atoms with Gasteiger partial charge in [0, 0.05) is 19.2 Å². The molecule has 1 aromatic heterocycles. The largest absolute Gasteiger partial charge is 0.494 e. The van der Waals surface area contributed by atoms with Crippen molar-refractivity contribution in [2.24, 2.45) is 0 Å². The molecule has 0 bridgehead atoms. The number of benzene rings is 2. The number of ether oxygens (including phenoxy) is 1. The first-order valence-electron chi connectivity index (χ1n) is 13.0. The van der Waals surface area contributed by atoms with Crippen molar-refractivity contribution in [2.45, 2.75) is 51.9 Å². The summed E-state index contributed by atoms with van der Waals surface area (Å²) in [7, 11) is 1.55. The predicted octanol–water partition coefficient (Wildman–Crippen LogP) is 3.26. The zero-order chi connectivity index (χ0) is 28.1. The highest BCUT2D eigenvalue weighted by Crippen LogP contribution is 2.28. The quantitative estimate of drug-likeness (QED) is 0.421. The second kappa shape index (κ2) is 12.5. The molecule has 1 aliphatic rings.